The van der Waals surface area contributed by atoms with E-state index in [-0.39, 0.29) is 24.8 Å². The summed E-state index contributed by atoms with van der Waals surface area (Å²) in [6, 6.07) is 3.47. The Balaban J connectivity index is 0.00000196. The lowest BCUT2D eigenvalue weighted by molar-refractivity contribution is 0.279. The maximum absolute atomic E-state index is 13.2. The first-order valence-corrected chi connectivity index (χ1v) is 4.50. The third kappa shape index (κ3) is 4.03. The van der Waals surface area contributed by atoms with Crippen molar-refractivity contribution in [3.05, 3.63) is 29.6 Å². The van der Waals surface area contributed by atoms with Crippen LogP contribution < -0.4 is 5.73 Å². The summed E-state index contributed by atoms with van der Waals surface area (Å²) >= 11 is 0. The molecule has 0 aliphatic heterocycles. The highest BCUT2D eigenvalue weighted by Gasteiger charge is 2.11. The molecule has 0 spiro atoms. The average molecular weight is 236 g/mol. The van der Waals surface area contributed by atoms with E-state index in [1.54, 1.807) is 0 Å². The monoisotopic (exact) mass is 235 g/mol. The van der Waals surface area contributed by atoms with Crippen LogP contribution in [0, 0.1) is 5.82 Å². The molecule has 0 aromatic heterocycles. The summed E-state index contributed by atoms with van der Waals surface area (Å²) < 4.78 is 13.2. The van der Waals surface area contributed by atoms with Gasteiger partial charge in [0, 0.05) is 24.3 Å². The zero-order valence-electron chi connectivity index (χ0n) is 8.19. The molecular formula is C10H15ClFNO2. The molecule has 0 unspecified atom stereocenters. The van der Waals surface area contributed by atoms with Gasteiger partial charge < -0.3 is 15.9 Å². The minimum absolute atomic E-state index is 0. The first-order chi connectivity index (χ1) is 6.65. The van der Waals surface area contributed by atoms with E-state index in [1.165, 1.54) is 12.1 Å². The topological polar surface area (TPSA) is 66.5 Å². The molecule has 5 heteroatoms. The summed E-state index contributed by atoms with van der Waals surface area (Å²) in [5.41, 5.74) is 6.07. The predicted octanol–water partition coefficient (Wildman–Crippen LogP) is 1.73. The molecule has 1 rings (SSSR count). The van der Waals surface area contributed by atoms with E-state index in [9.17, 15) is 4.39 Å². The lowest BCUT2D eigenvalue weighted by Crippen LogP contribution is -2.12. The number of hydrogen-bond acceptors (Lipinski definition) is 3. The fourth-order valence-corrected chi connectivity index (χ4v) is 1.28. The van der Waals surface area contributed by atoms with Crippen LogP contribution >= 0.6 is 12.4 Å². The molecule has 1 aromatic carbocycles. The van der Waals surface area contributed by atoms with Crippen LogP contribution in [0.4, 0.5) is 4.39 Å². The quantitative estimate of drug-likeness (QED) is 0.745. The molecule has 0 radical (unpaired) electrons. The third-order valence-electron chi connectivity index (χ3n) is 2.06. The Morgan fingerprint density at radius 2 is 2.07 bits per heavy atom. The van der Waals surface area contributed by atoms with E-state index in [0.717, 1.165) is 6.07 Å². The Morgan fingerprint density at radius 1 is 1.40 bits per heavy atom. The standard InChI is InChI=1S/C10H14FNO2.ClH/c11-9-6-7(14)3-4-8(9)10(12)2-1-5-13;/h3-4,6,10,13-14H,1-2,5,12H2;1H/t10-;/m0./s1. The van der Waals surface area contributed by atoms with Gasteiger partial charge in [0.2, 0.25) is 0 Å². The Labute approximate surface area is 94.1 Å². The van der Waals surface area contributed by atoms with E-state index >= 15 is 0 Å². The van der Waals surface area contributed by atoms with Crippen LogP contribution in [-0.2, 0) is 0 Å². The second kappa shape index (κ2) is 6.61. The second-order valence-electron chi connectivity index (χ2n) is 3.18. The van der Waals surface area contributed by atoms with E-state index < -0.39 is 11.9 Å². The van der Waals surface area contributed by atoms with Crippen molar-refractivity contribution in [2.45, 2.75) is 18.9 Å². The molecule has 0 bridgehead atoms. The molecule has 0 amide bonds. The van der Waals surface area contributed by atoms with E-state index in [1.807, 2.05) is 0 Å². The maximum atomic E-state index is 13.2. The normalized spacial score (nSPS) is 11.9. The number of rotatable bonds is 4. The minimum Gasteiger partial charge on any atom is -0.508 e. The lowest BCUT2D eigenvalue weighted by atomic mass is 10.0. The van der Waals surface area contributed by atoms with Gasteiger partial charge in [0.1, 0.15) is 11.6 Å². The number of aliphatic hydroxyl groups excluding tert-OH is 1. The van der Waals surface area contributed by atoms with Gasteiger partial charge in [-0.2, -0.15) is 0 Å². The van der Waals surface area contributed by atoms with Gasteiger partial charge in [0.25, 0.3) is 0 Å². The van der Waals surface area contributed by atoms with E-state index in [0.29, 0.717) is 18.4 Å². The van der Waals surface area contributed by atoms with Crippen LogP contribution in [0.3, 0.4) is 0 Å². The maximum Gasteiger partial charge on any atom is 0.131 e. The molecule has 1 aromatic rings. The van der Waals surface area contributed by atoms with Crippen molar-refractivity contribution in [2.24, 2.45) is 5.73 Å². The van der Waals surface area contributed by atoms with Gasteiger partial charge >= 0.3 is 0 Å². The molecule has 0 heterocycles. The Morgan fingerprint density at radius 3 is 2.60 bits per heavy atom. The molecule has 0 saturated carbocycles. The number of halogens is 2. The molecule has 0 fully saturated rings. The molecule has 0 aliphatic rings. The van der Waals surface area contributed by atoms with Gasteiger partial charge in [-0.1, -0.05) is 6.07 Å². The van der Waals surface area contributed by atoms with Gasteiger partial charge in [0.15, 0.2) is 0 Å². The van der Waals surface area contributed by atoms with E-state index in [2.05, 4.69) is 0 Å². The first kappa shape index (κ1) is 14.2. The van der Waals surface area contributed by atoms with Gasteiger partial charge in [-0.15, -0.1) is 12.4 Å². The second-order valence-corrected chi connectivity index (χ2v) is 3.18. The summed E-state index contributed by atoms with van der Waals surface area (Å²) in [5, 5.41) is 17.6. The number of nitrogens with two attached hydrogens (primary N) is 1. The van der Waals surface area contributed by atoms with Gasteiger partial charge in [-0.3, -0.25) is 0 Å². The Bertz CT molecular complexity index is 309. The van der Waals surface area contributed by atoms with Crippen LogP contribution in [0.1, 0.15) is 24.4 Å². The number of hydrogen-bond donors (Lipinski definition) is 3. The number of phenols is 1. The largest absolute Gasteiger partial charge is 0.508 e. The summed E-state index contributed by atoms with van der Waals surface area (Å²) in [6.45, 7) is 0.0490. The van der Waals surface area contributed by atoms with Crippen LogP contribution in [0.15, 0.2) is 18.2 Å². The fraction of sp³-hybridized carbons (Fsp3) is 0.400. The summed E-state index contributed by atoms with van der Waals surface area (Å²) in [7, 11) is 0. The van der Waals surface area contributed by atoms with Gasteiger partial charge in [-0.25, -0.2) is 4.39 Å². The molecule has 0 aliphatic carbocycles. The molecule has 0 saturated heterocycles. The highest BCUT2D eigenvalue weighted by molar-refractivity contribution is 5.85. The highest BCUT2D eigenvalue weighted by Crippen LogP contribution is 2.22. The first-order valence-electron chi connectivity index (χ1n) is 4.50. The summed E-state index contributed by atoms with van der Waals surface area (Å²) in [4.78, 5) is 0. The zero-order valence-corrected chi connectivity index (χ0v) is 9.01. The molecule has 3 nitrogen and oxygen atoms in total. The van der Waals surface area contributed by atoms with E-state index in [4.69, 9.17) is 15.9 Å². The Kier molecular flexibility index (Phi) is 6.24. The van der Waals surface area contributed by atoms with Gasteiger partial charge in [-0.05, 0) is 18.9 Å². The SMILES string of the molecule is Cl.N[C@@H](CCCO)c1ccc(O)cc1F. The summed E-state index contributed by atoms with van der Waals surface area (Å²) in [5.74, 6) is -0.615. The van der Waals surface area contributed by atoms with Crippen molar-refractivity contribution in [1.82, 2.24) is 0 Å². The molecule has 15 heavy (non-hydrogen) atoms. The van der Waals surface area contributed by atoms with Crippen molar-refractivity contribution < 1.29 is 14.6 Å². The van der Waals surface area contributed by atoms with Crippen LogP contribution in [0.2, 0.25) is 0 Å². The zero-order chi connectivity index (χ0) is 10.6. The Hall–Kier alpha value is -0.840. The van der Waals surface area contributed by atoms with Crippen LogP contribution in [0.25, 0.3) is 0 Å². The van der Waals surface area contributed by atoms with Crippen molar-refractivity contribution in [2.75, 3.05) is 6.61 Å². The number of benzene rings is 1. The molecule has 4 N–H and O–H groups in total. The number of aromatic hydroxyl groups is 1. The predicted molar refractivity (Wildman–Crippen MR) is 58.6 cm³/mol. The number of phenolic OH excluding ortho intramolecular Hbond substituents is 1. The lowest BCUT2D eigenvalue weighted by Gasteiger charge is -2.12. The van der Waals surface area contributed by atoms with Crippen molar-refractivity contribution in [1.29, 1.82) is 0 Å². The molecule has 1 atom stereocenters. The fourth-order valence-electron chi connectivity index (χ4n) is 1.28. The van der Waals surface area contributed by atoms with Crippen LogP contribution in [-0.4, -0.2) is 16.8 Å². The van der Waals surface area contributed by atoms with Crippen molar-refractivity contribution in [3.8, 4) is 5.75 Å². The van der Waals surface area contributed by atoms with Crippen molar-refractivity contribution in [3.63, 3.8) is 0 Å². The smallest absolute Gasteiger partial charge is 0.131 e. The van der Waals surface area contributed by atoms with Crippen LogP contribution in [0.5, 0.6) is 5.75 Å². The van der Waals surface area contributed by atoms with Gasteiger partial charge in [0.05, 0.1) is 0 Å². The number of aliphatic hydroxyl groups is 1. The third-order valence-corrected chi connectivity index (χ3v) is 2.06. The summed E-state index contributed by atoms with van der Waals surface area (Å²) in [6.07, 6.45) is 1.07. The minimum atomic E-state index is -0.504. The average Bonchev–Trinajstić information content (AvgIpc) is 2.14. The highest BCUT2D eigenvalue weighted by atomic mass is 35.5. The molecule has 86 valence electrons. The van der Waals surface area contributed by atoms with Crippen molar-refractivity contribution >= 4 is 12.4 Å². The molecular weight excluding hydrogens is 221 g/mol.